The molecular weight excluding hydrogens is 294 g/mol. The van der Waals surface area contributed by atoms with Gasteiger partial charge in [-0.05, 0) is 37.5 Å². The van der Waals surface area contributed by atoms with Gasteiger partial charge in [0.2, 0.25) is 10.0 Å². The van der Waals surface area contributed by atoms with Crippen LogP contribution in [-0.4, -0.2) is 33.0 Å². The first-order chi connectivity index (χ1) is 9.88. The average molecular weight is 311 g/mol. The molecule has 0 aromatic heterocycles. The summed E-state index contributed by atoms with van der Waals surface area (Å²) in [6, 6.07) is 4.37. The van der Waals surface area contributed by atoms with Crippen LogP contribution in [0.5, 0.6) is 5.75 Å². The molecule has 1 amide bonds. The normalized spacial score (nSPS) is 20.0. The lowest BCUT2D eigenvalue weighted by Crippen LogP contribution is -2.54. The van der Waals surface area contributed by atoms with Gasteiger partial charge in [0.25, 0.3) is 5.91 Å². The maximum absolute atomic E-state index is 12.3. The summed E-state index contributed by atoms with van der Waals surface area (Å²) in [5, 5.41) is 2.59. The molecule has 1 saturated carbocycles. The molecule has 1 aliphatic heterocycles. The number of carbonyl (C=O) groups excluding carboxylic acids is 1. The van der Waals surface area contributed by atoms with Gasteiger partial charge in [-0.25, -0.2) is 13.1 Å². The Labute approximate surface area is 122 Å². The van der Waals surface area contributed by atoms with E-state index in [4.69, 9.17) is 10.5 Å². The van der Waals surface area contributed by atoms with Gasteiger partial charge in [-0.2, -0.15) is 0 Å². The first kappa shape index (κ1) is 14.3. The smallest absolute Gasteiger partial charge is 0.262 e. The van der Waals surface area contributed by atoms with Crippen LogP contribution in [0.25, 0.3) is 0 Å². The average Bonchev–Trinajstić information content (AvgIpc) is 2.42. The van der Waals surface area contributed by atoms with Crippen molar-refractivity contribution in [1.29, 1.82) is 0 Å². The van der Waals surface area contributed by atoms with E-state index in [2.05, 4.69) is 10.0 Å². The molecular formula is C13H17N3O4S. The minimum atomic E-state index is -3.66. The van der Waals surface area contributed by atoms with E-state index in [1.54, 1.807) is 0 Å². The maximum Gasteiger partial charge on any atom is 0.262 e. The first-order valence-corrected chi connectivity index (χ1v) is 8.22. The maximum atomic E-state index is 12.3. The Morgan fingerprint density at radius 3 is 2.81 bits per heavy atom. The molecule has 1 aromatic carbocycles. The second kappa shape index (κ2) is 4.97. The largest absolute Gasteiger partial charge is 0.482 e. The van der Waals surface area contributed by atoms with E-state index in [9.17, 15) is 13.2 Å². The number of sulfonamides is 1. The Morgan fingerprint density at radius 2 is 2.14 bits per heavy atom. The third-order valence-electron chi connectivity index (χ3n) is 3.86. The Kier molecular flexibility index (Phi) is 3.39. The third kappa shape index (κ3) is 2.87. The third-order valence-corrected chi connectivity index (χ3v) is 5.26. The van der Waals surface area contributed by atoms with Crippen LogP contribution in [0.1, 0.15) is 19.3 Å². The Balaban J connectivity index is 1.79. The number of nitrogens with two attached hydrogens (primary N) is 1. The quantitative estimate of drug-likeness (QED) is 0.734. The molecule has 0 saturated heterocycles. The van der Waals surface area contributed by atoms with E-state index in [0.29, 0.717) is 11.4 Å². The van der Waals surface area contributed by atoms with Crippen molar-refractivity contribution in [1.82, 2.24) is 4.72 Å². The number of ether oxygens (including phenoxy) is 1. The van der Waals surface area contributed by atoms with Crippen molar-refractivity contribution < 1.29 is 17.9 Å². The second-order valence-corrected chi connectivity index (χ2v) is 7.30. The van der Waals surface area contributed by atoms with Gasteiger partial charge in [0.05, 0.1) is 10.6 Å². The van der Waals surface area contributed by atoms with Gasteiger partial charge >= 0.3 is 0 Å². The number of amides is 1. The number of nitrogens with one attached hydrogen (secondary N) is 2. The van der Waals surface area contributed by atoms with Crippen LogP contribution in [-0.2, 0) is 14.8 Å². The number of rotatable bonds is 4. The van der Waals surface area contributed by atoms with Crippen molar-refractivity contribution in [2.24, 2.45) is 5.73 Å². The van der Waals surface area contributed by atoms with E-state index >= 15 is 0 Å². The van der Waals surface area contributed by atoms with Crippen molar-refractivity contribution in [3.8, 4) is 5.75 Å². The number of fused-ring (bicyclic) bond motifs is 1. The highest BCUT2D eigenvalue weighted by Gasteiger charge is 2.34. The van der Waals surface area contributed by atoms with Gasteiger partial charge in [-0.1, -0.05) is 0 Å². The van der Waals surface area contributed by atoms with Crippen LogP contribution in [0, 0.1) is 0 Å². The summed E-state index contributed by atoms with van der Waals surface area (Å²) < 4.78 is 32.3. The number of benzene rings is 1. The summed E-state index contributed by atoms with van der Waals surface area (Å²) in [6.07, 6.45) is 2.67. The van der Waals surface area contributed by atoms with Gasteiger partial charge < -0.3 is 15.8 Å². The molecule has 0 unspecified atom stereocenters. The van der Waals surface area contributed by atoms with E-state index in [1.165, 1.54) is 18.2 Å². The Hall–Kier alpha value is -1.64. The molecule has 4 N–H and O–H groups in total. The number of anilines is 1. The summed E-state index contributed by atoms with van der Waals surface area (Å²) >= 11 is 0. The molecule has 0 bridgehead atoms. The zero-order valence-electron chi connectivity index (χ0n) is 11.4. The lowest BCUT2D eigenvalue weighted by molar-refractivity contribution is -0.118. The van der Waals surface area contributed by atoms with Crippen molar-refractivity contribution in [3.63, 3.8) is 0 Å². The number of hydrogen-bond donors (Lipinski definition) is 3. The van der Waals surface area contributed by atoms with Crippen molar-refractivity contribution in [2.45, 2.75) is 29.7 Å². The highest BCUT2D eigenvalue weighted by atomic mass is 32.2. The fraction of sp³-hybridized carbons (Fsp3) is 0.462. The van der Waals surface area contributed by atoms with Gasteiger partial charge in [-0.15, -0.1) is 0 Å². The van der Waals surface area contributed by atoms with Crippen LogP contribution in [0.15, 0.2) is 23.1 Å². The van der Waals surface area contributed by atoms with E-state index in [1.807, 2.05) is 0 Å². The molecule has 3 rings (SSSR count). The van der Waals surface area contributed by atoms with Crippen LogP contribution >= 0.6 is 0 Å². The zero-order chi connectivity index (χ0) is 15.1. The lowest BCUT2D eigenvalue weighted by atomic mass is 9.78. The summed E-state index contributed by atoms with van der Waals surface area (Å²) in [5.41, 5.74) is 5.94. The van der Waals surface area contributed by atoms with Crippen LogP contribution in [0.4, 0.5) is 5.69 Å². The fourth-order valence-corrected chi connectivity index (χ4v) is 3.52. The lowest BCUT2D eigenvalue weighted by Gasteiger charge is -2.38. The van der Waals surface area contributed by atoms with Crippen molar-refractivity contribution in [2.75, 3.05) is 18.5 Å². The second-order valence-electron chi connectivity index (χ2n) is 5.54. The highest BCUT2D eigenvalue weighted by Crippen LogP contribution is 2.31. The molecule has 1 heterocycles. The summed E-state index contributed by atoms with van der Waals surface area (Å²) in [6.45, 7) is 0.155. The molecule has 0 spiro atoms. The fourth-order valence-electron chi connectivity index (χ4n) is 2.36. The van der Waals surface area contributed by atoms with Gasteiger partial charge in [0.1, 0.15) is 5.75 Å². The summed E-state index contributed by atoms with van der Waals surface area (Å²) in [7, 11) is -3.66. The molecule has 114 valence electrons. The van der Waals surface area contributed by atoms with Crippen LogP contribution < -0.4 is 20.5 Å². The Morgan fingerprint density at radius 1 is 1.38 bits per heavy atom. The molecule has 8 heteroatoms. The molecule has 1 aromatic rings. The van der Waals surface area contributed by atoms with Crippen molar-refractivity contribution in [3.05, 3.63) is 18.2 Å². The zero-order valence-corrected chi connectivity index (χ0v) is 12.2. The molecule has 0 radical (unpaired) electrons. The van der Waals surface area contributed by atoms with Crippen LogP contribution in [0.2, 0.25) is 0 Å². The molecule has 2 aliphatic rings. The van der Waals surface area contributed by atoms with Gasteiger partial charge in [-0.3, -0.25) is 4.79 Å². The molecule has 1 aliphatic carbocycles. The standard InChI is InChI=1S/C13H17N3O4S/c14-13(4-1-5-13)8-15-21(18,19)9-2-3-11-10(6-9)16-12(17)7-20-11/h2-3,6,15H,1,4-5,7-8,14H2,(H,16,17). The predicted octanol–water partition coefficient (Wildman–Crippen LogP) is 0.177. The monoisotopic (exact) mass is 311 g/mol. The molecule has 1 fully saturated rings. The Bertz CT molecular complexity index is 683. The topological polar surface area (TPSA) is 111 Å². The SMILES string of the molecule is NC1(CNS(=O)(=O)c2ccc3c(c2)NC(=O)CO3)CCC1. The highest BCUT2D eigenvalue weighted by molar-refractivity contribution is 7.89. The predicted molar refractivity (Wildman–Crippen MR) is 76.5 cm³/mol. The first-order valence-electron chi connectivity index (χ1n) is 6.73. The van der Waals surface area contributed by atoms with Crippen molar-refractivity contribution >= 4 is 21.6 Å². The van der Waals surface area contributed by atoms with Crippen LogP contribution in [0.3, 0.4) is 0 Å². The van der Waals surface area contributed by atoms with E-state index in [0.717, 1.165) is 19.3 Å². The van der Waals surface area contributed by atoms with Gasteiger partial charge in [0, 0.05) is 12.1 Å². The molecule has 0 atom stereocenters. The minimum Gasteiger partial charge on any atom is -0.482 e. The van der Waals surface area contributed by atoms with E-state index in [-0.39, 0.29) is 24.0 Å². The number of hydrogen-bond acceptors (Lipinski definition) is 5. The summed E-state index contributed by atoms with van der Waals surface area (Å²) in [4.78, 5) is 11.4. The molecule has 7 nitrogen and oxygen atoms in total. The minimum absolute atomic E-state index is 0.0625. The molecule has 21 heavy (non-hydrogen) atoms. The summed E-state index contributed by atoms with van der Waals surface area (Å²) in [5.74, 6) is 0.156. The van der Waals surface area contributed by atoms with E-state index < -0.39 is 15.6 Å². The number of carbonyl (C=O) groups is 1. The van der Waals surface area contributed by atoms with Gasteiger partial charge in [0.15, 0.2) is 6.61 Å².